The fourth-order valence-electron chi connectivity index (χ4n) is 1.98. The van der Waals surface area contributed by atoms with Crippen molar-refractivity contribution in [3.63, 3.8) is 0 Å². The van der Waals surface area contributed by atoms with Gasteiger partial charge in [0.1, 0.15) is 5.00 Å². The molecule has 0 bridgehead atoms. The summed E-state index contributed by atoms with van der Waals surface area (Å²) in [7, 11) is 0. The topological polar surface area (TPSA) is 62.2 Å². The molecule has 0 radical (unpaired) electrons. The van der Waals surface area contributed by atoms with Crippen molar-refractivity contribution in [3.8, 4) is 0 Å². The SMILES string of the molecule is Cc1cc(C)c(Nc2scnc2C(=O)O)c(C)c1. The van der Waals surface area contributed by atoms with Gasteiger partial charge in [-0.05, 0) is 31.9 Å². The predicted octanol–water partition coefficient (Wildman–Crippen LogP) is 3.51. The van der Waals surface area contributed by atoms with E-state index in [1.807, 2.05) is 20.8 Å². The fraction of sp³-hybridized carbons (Fsp3) is 0.231. The van der Waals surface area contributed by atoms with Crippen molar-refractivity contribution >= 4 is 28.0 Å². The van der Waals surface area contributed by atoms with Crippen molar-refractivity contribution < 1.29 is 9.90 Å². The molecule has 0 spiro atoms. The van der Waals surface area contributed by atoms with Crippen LogP contribution in [0.4, 0.5) is 10.7 Å². The monoisotopic (exact) mass is 262 g/mol. The third kappa shape index (κ3) is 2.36. The molecular formula is C13H14N2O2S. The summed E-state index contributed by atoms with van der Waals surface area (Å²) in [5, 5.41) is 12.8. The third-order valence-corrected chi connectivity index (χ3v) is 3.43. The van der Waals surface area contributed by atoms with Crippen LogP contribution in [0.3, 0.4) is 0 Å². The van der Waals surface area contributed by atoms with E-state index < -0.39 is 5.97 Å². The van der Waals surface area contributed by atoms with Crippen LogP contribution in [0.15, 0.2) is 17.6 Å². The molecule has 18 heavy (non-hydrogen) atoms. The number of aryl methyl sites for hydroxylation is 3. The first-order valence-corrected chi connectivity index (χ1v) is 6.38. The van der Waals surface area contributed by atoms with E-state index in [0.29, 0.717) is 5.00 Å². The van der Waals surface area contributed by atoms with Crippen LogP contribution in [-0.4, -0.2) is 16.1 Å². The summed E-state index contributed by atoms with van der Waals surface area (Å²) in [6.07, 6.45) is 0. The number of thiazole rings is 1. The third-order valence-electron chi connectivity index (χ3n) is 2.69. The lowest BCUT2D eigenvalue weighted by Gasteiger charge is -2.12. The first kappa shape index (κ1) is 12.6. The molecule has 5 heteroatoms. The zero-order chi connectivity index (χ0) is 13.3. The van der Waals surface area contributed by atoms with Crippen LogP contribution < -0.4 is 5.32 Å². The second-order valence-corrected chi connectivity index (χ2v) is 5.09. The van der Waals surface area contributed by atoms with Gasteiger partial charge in [0, 0.05) is 5.69 Å². The molecule has 1 aromatic heterocycles. The molecule has 2 rings (SSSR count). The highest BCUT2D eigenvalue weighted by Gasteiger charge is 2.15. The van der Waals surface area contributed by atoms with Crippen molar-refractivity contribution in [2.45, 2.75) is 20.8 Å². The minimum absolute atomic E-state index is 0.0689. The van der Waals surface area contributed by atoms with Crippen LogP contribution in [-0.2, 0) is 0 Å². The average Bonchev–Trinajstić information content (AvgIpc) is 2.71. The second kappa shape index (κ2) is 4.78. The Bertz CT molecular complexity index is 582. The molecule has 2 aromatic rings. The van der Waals surface area contributed by atoms with Gasteiger partial charge in [0.05, 0.1) is 5.51 Å². The van der Waals surface area contributed by atoms with E-state index in [9.17, 15) is 4.79 Å². The van der Waals surface area contributed by atoms with Gasteiger partial charge in [-0.2, -0.15) is 0 Å². The molecule has 2 N–H and O–H groups in total. The number of anilines is 2. The minimum Gasteiger partial charge on any atom is -0.476 e. The van der Waals surface area contributed by atoms with Gasteiger partial charge in [0.25, 0.3) is 0 Å². The summed E-state index contributed by atoms with van der Waals surface area (Å²) in [5.41, 5.74) is 5.93. The van der Waals surface area contributed by atoms with Crippen molar-refractivity contribution in [2.24, 2.45) is 0 Å². The Labute approximate surface area is 109 Å². The maximum atomic E-state index is 11.0. The van der Waals surface area contributed by atoms with E-state index in [4.69, 9.17) is 5.11 Å². The Kier molecular flexibility index (Phi) is 3.34. The van der Waals surface area contributed by atoms with E-state index in [1.54, 1.807) is 0 Å². The van der Waals surface area contributed by atoms with Crippen LogP contribution in [0.25, 0.3) is 0 Å². The van der Waals surface area contributed by atoms with Crippen LogP contribution in [0.5, 0.6) is 0 Å². The zero-order valence-electron chi connectivity index (χ0n) is 10.4. The summed E-state index contributed by atoms with van der Waals surface area (Å²) in [5.74, 6) is -1.01. The highest BCUT2D eigenvalue weighted by molar-refractivity contribution is 7.14. The fourth-order valence-corrected chi connectivity index (χ4v) is 2.65. The number of aromatic nitrogens is 1. The van der Waals surface area contributed by atoms with E-state index in [-0.39, 0.29) is 5.69 Å². The van der Waals surface area contributed by atoms with Crippen molar-refractivity contribution in [3.05, 3.63) is 40.0 Å². The standard InChI is InChI=1S/C13H14N2O2S/c1-7-4-8(2)10(9(3)5-7)15-12-11(13(16)17)14-6-18-12/h4-6,15H,1-3H3,(H,16,17). The normalized spacial score (nSPS) is 10.4. The van der Waals surface area contributed by atoms with Gasteiger partial charge in [-0.25, -0.2) is 9.78 Å². The summed E-state index contributed by atoms with van der Waals surface area (Å²) >= 11 is 1.29. The molecule has 0 aliphatic rings. The molecule has 0 unspecified atom stereocenters. The van der Waals surface area contributed by atoms with E-state index in [2.05, 4.69) is 22.4 Å². The number of hydrogen-bond donors (Lipinski definition) is 2. The van der Waals surface area contributed by atoms with E-state index >= 15 is 0 Å². The first-order chi connectivity index (χ1) is 8.49. The van der Waals surface area contributed by atoms with Crippen molar-refractivity contribution in [1.29, 1.82) is 0 Å². The molecule has 0 aliphatic carbocycles. The molecule has 94 valence electrons. The van der Waals surface area contributed by atoms with Gasteiger partial charge in [0.2, 0.25) is 0 Å². The number of carboxylic acids is 1. The summed E-state index contributed by atoms with van der Waals surface area (Å²) < 4.78 is 0. The lowest BCUT2D eigenvalue weighted by molar-refractivity contribution is 0.0692. The van der Waals surface area contributed by atoms with E-state index in [0.717, 1.165) is 16.8 Å². The van der Waals surface area contributed by atoms with Gasteiger partial charge in [-0.1, -0.05) is 17.7 Å². The lowest BCUT2D eigenvalue weighted by atomic mass is 10.1. The van der Waals surface area contributed by atoms with Crippen molar-refractivity contribution in [2.75, 3.05) is 5.32 Å². The minimum atomic E-state index is -1.01. The van der Waals surface area contributed by atoms with E-state index in [1.165, 1.54) is 22.4 Å². The number of hydrogen-bond acceptors (Lipinski definition) is 4. The number of nitrogens with one attached hydrogen (secondary N) is 1. The van der Waals surface area contributed by atoms with Gasteiger partial charge in [-0.3, -0.25) is 0 Å². The number of nitrogens with zero attached hydrogens (tertiary/aromatic N) is 1. The predicted molar refractivity (Wildman–Crippen MR) is 73.0 cm³/mol. The smallest absolute Gasteiger partial charge is 0.357 e. The summed E-state index contributed by atoms with van der Waals surface area (Å²) in [6, 6.07) is 4.13. The Morgan fingerprint density at radius 2 is 1.89 bits per heavy atom. The molecule has 4 nitrogen and oxygen atoms in total. The number of aromatic carboxylic acids is 1. The molecule has 0 aliphatic heterocycles. The van der Waals surface area contributed by atoms with Crippen LogP contribution in [0.1, 0.15) is 27.2 Å². The molecule has 1 aromatic carbocycles. The lowest BCUT2D eigenvalue weighted by Crippen LogP contribution is -2.03. The van der Waals surface area contributed by atoms with Crippen molar-refractivity contribution in [1.82, 2.24) is 4.98 Å². The summed E-state index contributed by atoms with van der Waals surface area (Å²) in [6.45, 7) is 6.05. The molecule has 0 fully saturated rings. The second-order valence-electron chi connectivity index (χ2n) is 4.23. The zero-order valence-corrected chi connectivity index (χ0v) is 11.3. The molecule has 0 atom stereocenters. The van der Waals surface area contributed by atoms with Crippen LogP contribution in [0, 0.1) is 20.8 Å². The molecule has 1 heterocycles. The number of benzene rings is 1. The Hall–Kier alpha value is -1.88. The summed E-state index contributed by atoms with van der Waals surface area (Å²) in [4.78, 5) is 14.8. The largest absolute Gasteiger partial charge is 0.476 e. The molecule has 0 saturated carbocycles. The highest BCUT2D eigenvalue weighted by Crippen LogP contribution is 2.29. The highest BCUT2D eigenvalue weighted by atomic mass is 32.1. The Morgan fingerprint density at radius 3 is 2.44 bits per heavy atom. The quantitative estimate of drug-likeness (QED) is 0.888. The van der Waals surface area contributed by atoms with Gasteiger partial charge >= 0.3 is 5.97 Å². The van der Waals surface area contributed by atoms with Gasteiger partial charge < -0.3 is 10.4 Å². The molecule has 0 amide bonds. The number of carbonyl (C=O) groups is 1. The Balaban J connectivity index is 2.40. The average molecular weight is 262 g/mol. The number of rotatable bonds is 3. The maximum absolute atomic E-state index is 11.0. The van der Waals surface area contributed by atoms with Crippen LogP contribution >= 0.6 is 11.3 Å². The first-order valence-electron chi connectivity index (χ1n) is 5.50. The Morgan fingerprint density at radius 1 is 1.28 bits per heavy atom. The number of carboxylic acid groups (broad SMARTS) is 1. The van der Waals surface area contributed by atoms with Crippen LogP contribution in [0.2, 0.25) is 0 Å². The van der Waals surface area contributed by atoms with Gasteiger partial charge in [0.15, 0.2) is 5.69 Å². The molecular weight excluding hydrogens is 248 g/mol. The maximum Gasteiger partial charge on any atom is 0.357 e. The molecule has 0 saturated heterocycles. The van der Waals surface area contributed by atoms with Gasteiger partial charge in [-0.15, -0.1) is 11.3 Å².